The number of nitrogens with zero attached hydrogens (tertiary/aromatic N) is 1. The standard InChI is InChI=1S/C9H7NO2/c1-6-7-4-2-3-5-8(7)10-9(11)12-6/h2-5H,1H3. The Morgan fingerprint density at radius 2 is 2.08 bits per heavy atom. The summed E-state index contributed by atoms with van der Waals surface area (Å²) in [6, 6.07) is 7.39. The monoisotopic (exact) mass is 161 g/mol. The molecular formula is C9H7NO2. The van der Waals surface area contributed by atoms with Crippen molar-refractivity contribution in [2.24, 2.45) is 0 Å². The number of hydrogen-bond donors (Lipinski definition) is 0. The fraction of sp³-hybridized carbons (Fsp3) is 0.111. The summed E-state index contributed by atoms with van der Waals surface area (Å²) in [6.07, 6.45) is 0. The van der Waals surface area contributed by atoms with Crippen LogP contribution >= 0.6 is 0 Å². The molecule has 3 heteroatoms. The molecule has 0 atom stereocenters. The SMILES string of the molecule is Cc1oc(=O)nc2ccccc12. The van der Waals surface area contributed by atoms with E-state index in [1.165, 1.54) is 0 Å². The van der Waals surface area contributed by atoms with Gasteiger partial charge in [0, 0.05) is 5.39 Å². The molecule has 3 nitrogen and oxygen atoms in total. The molecule has 0 amide bonds. The van der Waals surface area contributed by atoms with Crippen LogP contribution in [0.4, 0.5) is 0 Å². The van der Waals surface area contributed by atoms with Gasteiger partial charge in [-0.05, 0) is 19.1 Å². The summed E-state index contributed by atoms with van der Waals surface area (Å²) in [5.41, 5.74) is 0.686. The molecule has 12 heavy (non-hydrogen) atoms. The van der Waals surface area contributed by atoms with Crippen LogP contribution in [0.25, 0.3) is 10.9 Å². The quantitative estimate of drug-likeness (QED) is 0.588. The van der Waals surface area contributed by atoms with Crippen LogP contribution in [0.2, 0.25) is 0 Å². The highest BCUT2D eigenvalue weighted by Gasteiger charge is 1.99. The highest BCUT2D eigenvalue weighted by molar-refractivity contribution is 5.79. The lowest BCUT2D eigenvalue weighted by atomic mass is 10.2. The molecule has 0 saturated carbocycles. The second-order valence-electron chi connectivity index (χ2n) is 2.55. The Hall–Kier alpha value is -1.64. The second-order valence-corrected chi connectivity index (χ2v) is 2.55. The molecule has 0 bridgehead atoms. The molecule has 2 rings (SSSR count). The van der Waals surface area contributed by atoms with E-state index in [0.29, 0.717) is 11.3 Å². The van der Waals surface area contributed by atoms with E-state index in [2.05, 4.69) is 4.98 Å². The van der Waals surface area contributed by atoms with E-state index in [1.807, 2.05) is 18.2 Å². The first-order valence-electron chi connectivity index (χ1n) is 3.64. The van der Waals surface area contributed by atoms with Gasteiger partial charge in [-0.1, -0.05) is 12.1 Å². The van der Waals surface area contributed by atoms with Crippen molar-refractivity contribution < 1.29 is 4.42 Å². The summed E-state index contributed by atoms with van der Waals surface area (Å²) >= 11 is 0. The minimum absolute atomic E-state index is 0.536. The lowest BCUT2D eigenvalue weighted by Gasteiger charge is -1.96. The van der Waals surface area contributed by atoms with E-state index < -0.39 is 5.76 Å². The van der Waals surface area contributed by atoms with Gasteiger partial charge < -0.3 is 4.42 Å². The van der Waals surface area contributed by atoms with Gasteiger partial charge in [0.15, 0.2) is 0 Å². The Morgan fingerprint density at radius 3 is 2.92 bits per heavy atom. The van der Waals surface area contributed by atoms with Crippen molar-refractivity contribution in [1.29, 1.82) is 0 Å². The van der Waals surface area contributed by atoms with Gasteiger partial charge in [-0.25, -0.2) is 4.79 Å². The van der Waals surface area contributed by atoms with Gasteiger partial charge in [-0.15, -0.1) is 0 Å². The number of rotatable bonds is 0. The summed E-state index contributed by atoms with van der Waals surface area (Å²) in [7, 11) is 0. The molecule has 0 saturated heterocycles. The summed E-state index contributed by atoms with van der Waals surface area (Å²) in [4.78, 5) is 14.5. The number of fused-ring (bicyclic) bond motifs is 1. The van der Waals surface area contributed by atoms with Crippen LogP contribution < -0.4 is 5.76 Å². The van der Waals surface area contributed by atoms with Gasteiger partial charge in [-0.2, -0.15) is 4.98 Å². The Kier molecular flexibility index (Phi) is 1.43. The first-order chi connectivity index (χ1) is 5.77. The smallest absolute Gasteiger partial charge is 0.413 e. The fourth-order valence-corrected chi connectivity index (χ4v) is 1.18. The zero-order valence-electron chi connectivity index (χ0n) is 6.57. The van der Waals surface area contributed by atoms with E-state index >= 15 is 0 Å². The molecule has 60 valence electrons. The molecule has 1 heterocycles. The molecule has 0 N–H and O–H groups in total. The van der Waals surface area contributed by atoms with Gasteiger partial charge in [0.25, 0.3) is 0 Å². The van der Waals surface area contributed by atoms with Crippen molar-refractivity contribution in [2.45, 2.75) is 6.92 Å². The Morgan fingerprint density at radius 1 is 1.33 bits per heavy atom. The molecule has 1 aromatic carbocycles. The van der Waals surface area contributed by atoms with Gasteiger partial charge in [-0.3, -0.25) is 0 Å². The maximum absolute atomic E-state index is 10.8. The van der Waals surface area contributed by atoms with Crippen LogP contribution in [0, 0.1) is 6.92 Å². The molecule has 0 unspecified atom stereocenters. The normalized spacial score (nSPS) is 10.4. The number of aromatic nitrogens is 1. The Labute approximate surface area is 68.7 Å². The number of hydrogen-bond acceptors (Lipinski definition) is 3. The van der Waals surface area contributed by atoms with Crippen LogP contribution in [0.15, 0.2) is 33.5 Å². The van der Waals surface area contributed by atoms with Crippen molar-refractivity contribution in [3.8, 4) is 0 Å². The third-order valence-electron chi connectivity index (χ3n) is 1.74. The maximum Gasteiger partial charge on any atom is 0.439 e. The molecule has 0 spiro atoms. The number of para-hydroxylation sites is 1. The van der Waals surface area contributed by atoms with E-state index in [0.717, 1.165) is 5.39 Å². The van der Waals surface area contributed by atoms with Crippen LogP contribution in [-0.2, 0) is 0 Å². The van der Waals surface area contributed by atoms with Crippen LogP contribution in [0.5, 0.6) is 0 Å². The summed E-state index contributed by atoms with van der Waals surface area (Å²) in [5, 5.41) is 0.886. The molecule has 2 aromatic rings. The van der Waals surface area contributed by atoms with Crippen molar-refractivity contribution in [3.63, 3.8) is 0 Å². The lowest BCUT2D eigenvalue weighted by Crippen LogP contribution is -2.04. The average molecular weight is 161 g/mol. The topological polar surface area (TPSA) is 43.1 Å². The number of aryl methyl sites for hydroxylation is 1. The maximum atomic E-state index is 10.8. The predicted molar refractivity (Wildman–Crippen MR) is 45.0 cm³/mol. The number of benzene rings is 1. The van der Waals surface area contributed by atoms with Gasteiger partial charge >= 0.3 is 5.76 Å². The molecule has 0 aliphatic rings. The third kappa shape index (κ3) is 0.993. The molecule has 0 radical (unpaired) electrons. The Bertz CT molecular complexity index is 473. The van der Waals surface area contributed by atoms with E-state index in [9.17, 15) is 4.79 Å². The van der Waals surface area contributed by atoms with Crippen molar-refractivity contribution in [1.82, 2.24) is 4.98 Å². The first kappa shape index (κ1) is 7.03. The van der Waals surface area contributed by atoms with Gasteiger partial charge in [0.2, 0.25) is 0 Å². The summed E-state index contributed by atoms with van der Waals surface area (Å²) in [6.45, 7) is 1.76. The van der Waals surface area contributed by atoms with Gasteiger partial charge in [0.05, 0.1) is 5.52 Å². The van der Waals surface area contributed by atoms with Crippen molar-refractivity contribution in [3.05, 3.63) is 40.6 Å². The lowest BCUT2D eigenvalue weighted by molar-refractivity contribution is 0.466. The van der Waals surface area contributed by atoms with Gasteiger partial charge in [0.1, 0.15) is 5.76 Å². The van der Waals surface area contributed by atoms with Crippen LogP contribution in [0.1, 0.15) is 5.76 Å². The first-order valence-corrected chi connectivity index (χ1v) is 3.64. The third-order valence-corrected chi connectivity index (χ3v) is 1.74. The molecule has 1 aromatic heterocycles. The zero-order valence-corrected chi connectivity index (χ0v) is 6.57. The summed E-state index contributed by atoms with van der Waals surface area (Å²) < 4.78 is 4.82. The fourth-order valence-electron chi connectivity index (χ4n) is 1.18. The minimum atomic E-state index is -0.536. The molecule has 0 aliphatic carbocycles. The average Bonchev–Trinajstić information content (AvgIpc) is 2.04. The predicted octanol–water partition coefficient (Wildman–Crippen LogP) is 1.50. The molecule has 0 aliphatic heterocycles. The van der Waals surface area contributed by atoms with Crippen molar-refractivity contribution in [2.75, 3.05) is 0 Å². The Balaban J connectivity index is 2.99. The van der Waals surface area contributed by atoms with E-state index in [4.69, 9.17) is 4.42 Å². The highest BCUT2D eigenvalue weighted by Crippen LogP contribution is 2.12. The summed E-state index contributed by atoms with van der Waals surface area (Å²) in [5.74, 6) is 0.0804. The van der Waals surface area contributed by atoms with E-state index in [-0.39, 0.29) is 0 Å². The van der Waals surface area contributed by atoms with Crippen molar-refractivity contribution >= 4 is 10.9 Å². The largest absolute Gasteiger partial charge is 0.439 e. The highest BCUT2D eigenvalue weighted by atomic mass is 16.4. The second kappa shape index (κ2) is 2.44. The zero-order chi connectivity index (χ0) is 8.55. The molecule has 0 fully saturated rings. The van der Waals surface area contributed by atoms with E-state index in [1.54, 1.807) is 13.0 Å². The van der Waals surface area contributed by atoms with Crippen LogP contribution in [0.3, 0.4) is 0 Å². The minimum Gasteiger partial charge on any atom is -0.413 e. The van der Waals surface area contributed by atoms with Crippen LogP contribution in [-0.4, -0.2) is 4.98 Å². The molecular weight excluding hydrogens is 154 g/mol.